The van der Waals surface area contributed by atoms with E-state index in [1.807, 2.05) is 24.3 Å². The third-order valence-electron chi connectivity index (χ3n) is 5.40. The molecule has 7 nitrogen and oxygen atoms in total. The summed E-state index contributed by atoms with van der Waals surface area (Å²) in [4.78, 5) is 15.1. The fraction of sp³-hybridized carbons (Fsp3) is 0.409. The van der Waals surface area contributed by atoms with E-state index >= 15 is 0 Å². The second-order valence-corrected chi connectivity index (χ2v) is 9.69. The third kappa shape index (κ3) is 5.98. The maximum absolute atomic E-state index is 12.7. The Morgan fingerprint density at radius 2 is 1.77 bits per heavy atom. The molecule has 0 aromatic heterocycles. The Labute approximate surface area is 188 Å². The summed E-state index contributed by atoms with van der Waals surface area (Å²) in [6.45, 7) is 3.76. The van der Waals surface area contributed by atoms with Crippen LogP contribution in [0.15, 0.2) is 53.4 Å². The van der Waals surface area contributed by atoms with E-state index in [9.17, 15) is 13.2 Å². The number of benzene rings is 2. The molecule has 1 amide bonds. The number of rotatable bonds is 9. The zero-order valence-electron chi connectivity index (χ0n) is 17.7. The predicted octanol–water partition coefficient (Wildman–Crippen LogP) is 2.97. The highest BCUT2D eigenvalue weighted by Gasteiger charge is 2.28. The van der Waals surface area contributed by atoms with E-state index in [-0.39, 0.29) is 10.9 Å². The van der Waals surface area contributed by atoms with Crippen molar-refractivity contribution in [2.24, 2.45) is 0 Å². The molecule has 0 bridgehead atoms. The van der Waals surface area contributed by atoms with Crippen molar-refractivity contribution in [1.29, 1.82) is 0 Å². The summed E-state index contributed by atoms with van der Waals surface area (Å²) in [5, 5.41) is 3.35. The smallest absolute Gasteiger partial charge is 0.241 e. The molecule has 9 heteroatoms. The SMILES string of the molecule is COc1ccccc1C(CNC(=O)C(C)NS(=O)(=O)c1ccc(Cl)cc1)N1CCCC1. The molecule has 3 rings (SSSR count). The van der Waals surface area contributed by atoms with Crippen LogP contribution in [0.3, 0.4) is 0 Å². The van der Waals surface area contributed by atoms with Crippen LogP contribution in [0.25, 0.3) is 0 Å². The van der Waals surface area contributed by atoms with Crippen LogP contribution >= 0.6 is 11.6 Å². The lowest BCUT2D eigenvalue weighted by Crippen LogP contribution is -2.47. The summed E-state index contributed by atoms with van der Waals surface area (Å²) in [7, 11) is -2.21. The van der Waals surface area contributed by atoms with E-state index in [4.69, 9.17) is 16.3 Å². The van der Waals surface area contributed by atoms with Gasteiger partial charge in [-0.25, -0.2) is 8.42 Å². The number of halogens is 1. The van der Waals surface area contributed by atoms with Crippen molar-refractivity contribution in [3.63, 3.8) is 0 Å². The maximum Gasteiger partial charge on any atom is 0.241 e. The van der Waals surface area contributed by atoms with Crippen LogP contribution in [0.5, 0.6) is 5.75 Å². The average Bonchev–Trinajstić information content (AvgIpc) is 3.28. The highest BCUT2D eigenvalue weighted by Crippen LogP contribution is 2.31. The van der Waals surface area contributed by atoms with E-state index in [1.54, 1.807) is 7.11 Å². The fourth-order valence-corrected chi connectivity index (χ4v) is 5.08. The molecule has 1 heterocycles. The molecule has 1 aliphatic rings. The van der Waals surface area contributed by atoms with Crippen molar-refractivity contribution in [3.8, 4) is 5.75 Å². The van der Waals surface area contributed by atoms with Crippen LogP contribution in [-0.2, 0) is 14.8 Å². The molecule has 0 aliphatic carbocycles. The molecule has 1 aliphatic heterocycles. The van der Waals surface area contributed by atoms with Gasteiger partial charge in [-0.2, -0.15) is 4.72 Å². The highest BCUT2D eigenvalue weighted by molar-refractivity contribution is 7.89. The van der Waals surface area contributed by atoms with E-state index in [1.165, 1.54) is 31.2 Å². The highest BCUT2D eigenvalue weighted by atomic mass is 35.5. The number of likely N-dealkylation sites (tertiary alicyclic amines) is 1. The number of hydrogen-bond acceptors (Lipinski definition) is 5. The molecule has 2 unspecified atom stereocenters. The molecule has 31 heavy (non-hydrogen) atoms. The van der Waals surface area contributed by atoms with Gasteiger partial charge in [-0.1, -0.05) is 29.8 Å². The third-order valence-corrected chi connectivity index (χ3v) is 7.21. The number of nitrogens with zero attached hydrogens (tertiary/aromatic N) is 1. The van der Waals surface area contributed by atoms with Gasteiger partial charge in [-0.3, -0.25) is 9.69 Å². The number of nitrogens with one attached hydrogen (secondary N) is 2. The van der Waals surface area contributed by atoms with Crippen LogP contribution in [-0.4, -0.2) is 52.0 Å². The number of carbonyl (C=O) groups excluding carboxylic acids is 1. The van der Waals surface area contributed by atoms with Crippen LogP contribution in [0.2, 0.25) is 5.02 Å². The zero-order chi connectivity index (χ0) is 22.4. The number of amides is 1. The summed E-state index contributed by atoms with van der Waals surface area (Å²) >= 11 is 5.82. The first-order valence-corrected chi connectivity index (χ1v) is 12.1. The predicted molar refractivity (Wildman–Crippen MR) is 121 cm³/mol. The van der Waals surface area contributed by atoms with E-state index in [0.29, 0.717) is 11.6 Å². The van der Waals surface area contributed by atoms with Crippen molar-refractivity contribution in [3.05, 3.63) is 59.1 Å². The first-order valence-electron chi connectivity index (χ1n) is 10.2. The normalized spacial score (nSPS) is 16.6. The first kappa shape index (κ1) is 23.5. The van der Waals surface area contributed by atoms with E-state index < -0.39 is 22.0 Å². The Balaban J connectivity index is 1.68. The van der Waals surface area contributed by atoms with Gasteiger partial charge in [-0.05, 0) is 63.2 Å². The summed E-state index contributed by atoms with van der Waals surface area (Å²) in [5.41, 5.74) is 1.00. The van der Waals surface area contributed by atoms with Crippen molar-refractivity contribution < 1.29 is 17.9 Å². The molecule has 2 aromatic carbocycles. The van der Waals surface area contributed by atoms with Gasteiger partial charge in [0.15, 0.2) is 0 Å². The summed E-state index contributed by atoms with van der Waals surface area (Å²) < 4.78 is 33.1. The second-order valence-electron chi connectivity index (χ2n) is 7.54. The van der Waals surface area contributed by atoms with Crippen LogP contribution in [0.1, 0.15) is 31.4 Å². The molecule has 1 saturated heterocycles. The summed E-state index contributed by atoms with van der Waals surface area (Å²) in [5.74, 6) is 0.377. The molecule has 2 atom stereocenters. The Bertz CT molecular complexity index is 992. The number of hydrogen-bond donors (Lipinski definition) is 2. The van der Waals surface area contributed by atoms with Crippen molar-refractivity contribution in [1.82, 2.24) is 14.9 Å². The summed E-state index contributed by atoms with van der Waals surface area (Å²) in [6, 6.07) is 12.6. The number of methoxy groups -OCH3 is 1. The minimum Gasteiger partial charge on any atom is -0.496 e. The van der Waals surface area contributed by atoms with Crippen molar-refractivity contribution in [2.75, 3.05) is 26.7 Å². The van der Waals surface area contributed by atoms with Crippen LogP contribution in [0.4, 0.5) is 0 Å². The summed E-state index contributed by atoms with van der Waals surface area (Å²) in [6.07, 6.45) is 2.22. The molecule has 0 spiro atoms. The molecular weight excluding hydrogens is 438 g/mol. The maximum atomic E-state index is 12.7. The lowest BCUT2D eigenvalue weighted by atomic mass is 10.0. The van der Waals surface area contributed by atoms with Gasteiger partial charge in [-0.15, -0.1) is 0 Å². The second kappa shape index (κ2) is 10.5. The Kier molecular flexibility index (Phi) is 7.94. The first-order chi connectivity index (χ1) is 14.8. The fourth-order valence-electron chi connectivity index (χ4n) is 3.75. The molecule has 0 saturated carbocycles. The number of sulfonamides is 1. The molecular formula is C22H28ClN3O4S. The minimum atomic E-state index is -3.84. The lowest BCUT2D eigenvalue weighted by molar-refractivity contribution is -0.122. The van der Waals surface area contributed by atoms with Crippen LogP contribution in [0, 0.1) is 0 Å². The standard InChI is InChI=1S/C22H28ClN3O4S/c1-16(25-31(28,29)18-11-9-17(23)10-12-18)22(27)24-15-20(26-13-5-6-14-26)19-7-3-4-8-21(19)30-2/h3-4,7-12,16,20,25H,5-6,13-15H2,1-2H3,(H,24,27). The molecule has 1 fully saturated rings. The average molecular weight is 466 g/mol. The van der Waals surface area contributed by atoms with Gasteiger partial charge >= 0.3 is 0 Å². The van der Waals surface area contributed by atoms with E-state index in [0.717, 1.165) is 37.2 Å². The molecule has 2 N–H and O–H groups in total. The van der Waals surface area contributed by atoms with Gasteiger partial charge in [0.25, 0.3) is 0 Å². The zero-order valence-corrected chi connectivity index (χ0v) is 19.2. The lowest BCUT2D eigenvalue weighted by Gasteiger charge is -2.29. The van der Waals surface area contributed by atoms with Gasteiger partial charge in [0.1, 0.15) is 5.75 Å². The topological polar surface area (TPSA) is 87.7 Å². The largest absolute Gasteiger partial charge is 0.496 e. The van der Waals surface area contributed by atoms with Gasteiger partial charge in [0.2, 0.25) is 15.9 Å². The van der Waals surface area contributed by atoms with Crippen molar-refractivity contribution in [2.45, 2.75) is 36.7 Å². The number of carbonyl (C=O) groups is 1. The van der Waals surface area contributed by atoms with Crippen molar-refractivity contribution >= 4 is 27.5 Å². The molecule has 2 aromatic rings. The monoisotopic (exact) mass is 465 g/mol. The Morgan fingerprint density at radius 3 is 2.42 bits per heavy atom. The molecule has 168 valence electrons. The minimum absolute atomic E-state index is 0.0531. The van der Waals surface area contributed by atoms with E-state index in [2.05, 4.69) is 14.9 Å². The van der Waals surface area contributed by atoms with Gasteiger partial charge in [0, 0.05) is 17.1 Å². The number of para-hydroxylation sites is 1. The molecule has 0 radical (unpaired) electrons. The quantitative estimate of drug-likeness (QED) is 0.594. The van der Waals surface area contributed by atoms with Gasteiger partial charge in [0.05, 0.1) is 24.1 Å². The van der Waals surface area contributed by atoms with Gasteiger partial charge < -0.3 is 10.1 Å². The Hall–Kier alpha value is -2.13. The number of ether oxygens (including phenoxy) is 1. The Morgan fingerprint density at radius 1 is 1.13 bits per heavy atom. The van der Waals surface area contributed by atoms with Crippen LogP contribution < -0.4 is 14.8 Å².